The number of hydroxylamine groups is 1. The van der Waals surface area contributed by atoms with E-state index in [1.165, 1.54) is 6.20 Å². The number of aromatic nitrogens is 2. The minimum atomic E-state index is -0.370. The second-order valence-electron chi connectivity index (χ2n) is 6.89. The number of hydrogen-bond acceptors (Lipinski definition) is 5. The molecule has 1 amide bonds. The molecule has 0 bridgehead atoms. The van der Waals surface area contributed by atoms with E-state index in [9.17, 15) is 10.1 Å². The van der Waals surface area contributed by atoms with Crippen LogP contribution in [0.5, 0.6) is 0 Å². The molecule has 0 radical (unpaired) electrons. The fraction of sp³-hybridized carbons (Fsp3) is 0.250. The van der Waals surface area contributed by atoms with Crippen LogP contribution in [0.25, 0.3) is 5.52 Å². The van der Waals surface area contributed by atoms with E-state index in [4.69, 9.17) is 16.4 Å². The fourth-order valence-corrected chi connectivity index (χ4v) is 3.69. The number of amides is 1. The number of fused-ring (bicyclic) bond motifs is 1. The number of carbonyl (C=O) groups excluding carboxylic acids is 1. The first kappa shape index (κ1) is 21.4. The van der Waals surface area contributed by atoms with Crippen molar-refractivity contribution >= 4 is 57.0 Å². The van der Waals surface area contributed by atoms with Gasteiger partial charge >= 0.3 is 0 Å². The third-order valence-electron chi connectivity index (χ3n) is 4.19. The van der Waals surface area contributed by atoms with Crippen molar-refractivity contribution in [2.24, 2.45) is 5.92 Å². The molecule has 7 nitrogen and oxygen atoms in total. The Hall–Kier alpha value is -2.35. The maximum absolute atomic E-state index is 12.5. The van der Waals surface area contributed by atoms with Crippen LogP contribution >= 0.6 is 34.2 Å². The number of benzene rings is 1. The molecular weight excluding hydrogens is 505 g/mol. The summed E-state index contributed by atoms with van der Waals surface area (Å²) in [5.41, 5.74) is 5.69. The van der Waals surface area contributed by atoms with Crippen LogP contribution < -0.4 is 10.8 Å². The van der Waals surface area contributed by atoms with Crippen molar-refractivity contribution in [1.82, 2.24) is 15.1 Å². The average molecular weight is 524 g/mol. The first-order chi connectivity index (χ1) is 13.8. The average Bonchev–Trinajstić information content (AvgIpc) is 3.01. The molecule has 9 heteroatoms. The number of nitriles is 1. The Balaban J connectivity index is 2.03. The van der Waals surface area contributed by atoms with Crippen LogP contribution in [0.4, 0.5) is 11.4 Å². The quantitative estimate of drug-likeness (QED) is 0.357. The number of anilines is 2. The molecule has 3 aromatic rings. The summed E-state index contributed by atoms with van der Waals surface area (Å²) in [6, 6.07) is 7.72. The molecule has 0 aliphatic carbocycles. The minimum Gasteiger partial charge on any atom is -0.351 e. The molecule has 0 spiro atoms. The summed E-state index contributed by atoms with van der Waals surface area (Å²) < 4.78 is 2.56. The number of rotatable bonds is 6. The second-order valence-corrected chi connectivity index (χ2v) is 8.54. The molecule has 2 heterocycles. The summed E-state index contributed by atoms with van der Waals surface area (Å²) in [6.07, 6.45) is 3.06. The SMILES string of the molecule is Cc1c(C(=O)NOCC(C)C)cn2ncc(C#N)c(Nc3ccc(I)cc3Cl)c12. The van der Waals surface area contributed by atoms with Gasteiger partial charge < -0.3 is 5.32 Å². The summed E-state index contributed by atoms with van der Waals surface area (Å²) in [7, 11) is 0. The van der Waals surface area contributed by atoms with E-state index >= 15 is 0 Å². The van der Waals surface area contributed by atoms with Gasteiger partial charge in [0, 0.05) is 9.77 Å². The Morgan fingerprint density at radius 1 is 1.45 bits per heavy atom. The molecule has 0 saturated carbocycles. The van der Waals surface area contributed by atoms with Gasteiger partial charge in [-0.25, -0.2) is 10.00 Å². The molecule has 0 atom stereocenters. The Morgan fingerprint density at radius 3 is 2.86 bits per heavy atom. The summed E-state index contributed by atoms with van der Waals surface area (Å²) >= 11 is 8.53. The molecule has 0 unspecified atom stereocenters. The lowest BCUT2D eigenvalue weighted by molar-refractivity contribution is 0.0208. The van der Waals surface area contributed by atoms with Crippen molar-refractivity contribution in [3.8, 4) is 6.07 Å². The van der Waals surface area contributed by atoms with Gasteiger partial charge in [0.1, 0.15) is 6.07 Å². The highest BCUT2D eigenvalue weighted by Crippen LogP contribution is 2.33. The highest BCUT2D eigenvalue weighted by molar-refractivity contribution is 14.1. The maximum atomic E-state index is 12.5. The molecule has 0 saturated heterocycles. The molecular formula is C20H19ClIN5O2. The molecule has 150 valence electrons. The lowest BCUT2D eigenvalue weighted by Gasteiger charge is -2.12. The number of halogens is 2. The van der Waals surface area contributed by atoms with Gasteiger partial charge in [-0.05, 0) is 59.2 Å². The van der Waals surface area contributed by atoms with Crippen molar-refractivity contribution < 1.29 is 9.63 Å². The van der Waals surface area contributed by atoms with Crippen LogP contribution in [0.2, 0.25) is 5.02 Å². The minimum absolute atomic E-state index is 0.291. The third kappa shape index (κ3) is 4.63. The number of hydrogen-bond donors (Lipinski definition) is 2. The van der Waals surface area contributed by atoms with Crippen molar-refractivity contribution in [2.45, 2.75) is 20.8 Å². The Bertz CT molecular complexity index is 1120. The summed E-state index contributed by atoms with van der Waals surface area (Å²) in [6.45, 7) is 6.19. The lowest BCUT2D eigenvalue weighted by atomic mass is 10.1. The molecule has 2 N–H and O–H groups in total. The van der Waals surface area contributed by atoms with Gasteiger partial charge in [-0.2, -0.15) is 10.4 Å². The Kier molecular flexibility index (Phi) is 6.62. The first-order valence-corrected chi connectivity index (χ1v) is 10.3. The zero-order valence-corrected chi connectivity index (χ0v) is 19.0. The summed E-state index contributed by atoms with van der Waals surface area (Å²) in [5, 5.41) is 17.6. The summed E-state index contributed by atoms with van der Waals surface area (Å²) in [5.74, 6) is -0.0794. The molecule has 2 aromatic heterocycles. The van der Waals surface area contributed by atoms with E-state index in [-0.39, 0.29) is 5.91 Å². The molecule has 3 rings (SSSR count). The number of nitrogens with one attached hydrogen (secondary N) is 2. The van der Waals surface area contributed by atoms with Crippen LogP contribution in [-0.2, 0) is 4.84 Å². The van der Waals surface area contributed by atoms with Crippen molar-refractivity contribution in [2.75, 3.05) is 11.9 Å². The van der Waals surface area contributed by atoms with E-state index < -0.39 is 0 Å². The highest BCUT2D eigenvalue weighted by atomic mass is 127. The third-order valence-corrected chi connectivity index (χ3v) is 5.18. The van der Waals surface area contributed by atoms with Gasteiger partial charge in [-0.15, -0.1) is 0 Å². The smallest absolute Gasteiger partial charge is 0.276 e. The van der Waals surface area contributed by atoms with Crippen LogP contribution in [0.3, 0.4) is 0 Å². The number of aryl methyl sites for hydroxylation is 1. The second kappa shape index (κ2) is 8.98. The predicted octanol–water partition coefficient (Wildman–Crippen LogP) is 4.83. The number of nitrogens with zero attached hydrogens (tertiary/aromatic N) is 3. The van der Waals surface area contributed by atoms with E-state index in [1.54, 1.807) is 17.6 Å². The van der Waals surface area contributed by atoms with Gasteiger partial charge in [-0.1, -0.05) is 25.4 Å². The van der Waals surface area contributed by atoms with Gasteiger partial charge in [0.15, 0.2) is 0 Å². The molecule has 0 fully saturated rings. The molecule has 0 aliphatic rings. The summed E-state index contributed by atoms with van der Waals surface area (Å²) in [4.78, 5) is 17.8. The zero-order chi connectivity index (χ0) is 21.1. The van der Waals surface area contributed by atoms with Crippen LogP contribution in [0.15, 0.2) is 30.6 Å². The van der Waals surface area contributed by atoms with E-state index in [0.717, 1.165) is 3.57 Å². The van der Waals surface area contributed by atoms with Crippen molar-refractivity contribution in [3.05, 3.63) is 55.9 Å². The molecule has 0 aliphatic heterocycles. The van der Waals surface area contributed by atoms with Crippen LogP contribution in [0.1, 0.15) is 35.3 Å². The van der Waals surface area contributed by atoms with Crippen molar-refractivity contribution in [1.29, 1.82) is 5.26 Å². The Labute approximate surface area is 187 Å². The Morgan fingerprint density at radius 2 is 2.21 bits per heavy atom. The maximum Gasteiger partial charge on any atom is 0.276 e. The molecule has 1 aromatic carbocycles. The van der Waals surface area contributed by atoms with Gasteiger partial charge in [-0.3, -0.25) is 9.63 Å². The normalized spacial score (nSPS) is 10.9. The largest absolute Gasteiger partial charge is 0.351 e. The van der Waals surface area contributed by atoms with Gasteiger partial charge in [0.2, 0.25) is 0 Å². The van der Waals surface area contributed by atoms with Crippen molar-refractivity contribution in [3.63, 3.8) is 0 Å². The fourth-order valence-electron chi connectivity index (χ4n) is 2.78. The highest BCUT2D eigenvalue weighted by Gasteiger charge is 2.20. The predicted molar refractivity (Wildman–Crippen MR) is 120 cm³/mol. The monoisotopic (exact) mass is 523 g/mol. The van der Waals surface area contributed by atoms with Gasteiger partial charge in [0.05, 0.1) is 45.8 Å². The van der Waals surface area contributed by atoms with Gasteiger partial charge in [0.25, 0.3) is 5.91 Å². The van der Waals surface area contributed by atoms with E-state index in [1.807, 2.05) is 32.0 Å². The van der Waals surface area contributed by atoms with E-state index in [0.29, 0.717) is 51.1 Å². The topological polar surface area (TPSA) is 91.4 Å². The molecule has 29 heavy (non-hydrogen) atoms. The van der Waals surface area contributed by atoms with Crippen LogP contribution in [0, 0.1) is 27.7 Å². The standard InChI is InChI=1S/C20H19ClIN5O2/c1-11(2)10-29-26-20(28)15-9-27-19(12(15)3)18(13(7-23)8-24-27)25-17-5-4-14(22)6-16(17)21/h4-6,8-9,11,25H,10H2,1-3H3,(H,26,28). The zero-order valence-electron chi connectivity index (χ0n) is 16.1. The van der Waals surface area contributed by atoms with Crippen LogP contribution in [-0.4, -0.2) is 22.1 Å². The lowest BCUT2D eigenvalue weighted by Crippen LogP contribution is -2.25. The van der Waals surface area contributed by atoms with E-state index in [2.05, 4.69) is 44.6 Å². The first-order valence-electron chi connectivity index (χ1n) is 8.87. The number of carbonyl (C=O) groups is 1.